The topological polar surface area (TPSA) is 56.5 Å². The van der Waals surface area contributed by atoms with Crippen molar-refractivity contribution in [2.24, 2.45) is 5.73 Å². The molecule has 3 N–H and O–H groups in total. The molecule has 0 heterocycles. The van der Waals surface area contributed by atoms with Crippen molar-refractivity contribution in [1.29, 1.82) is 0 Å². The van der Waals surface area contributed by atoms with E-state index in [2.05, 4.69) is 5.32 Å². The number of benzene rings is 1. The van der Waals surface area contributed by atoms with E-state index in [1.54, 1.807) is 7.11 Å². The monoisotopic (exact) mass is 264 g/mol. The van der Waals surface area contributed by atoms with Crippen LogP contribution < -0.4 is 20.5 Å². The molecule has 19 heavy (non-hydrogen) atoms. The van der Waals surface area contributed by atoms with Gasteiger partial charge < -0.3 is 20.5 Å². The molecule has 4 heteroatoms. The highest BCUT2D eigenvalue weighted by molar-refractivity contribution is 5.55. The van der Waals surface area contributed by atoms with Crippen molar-refractivity contribution >= 4 is 5.69 Å². The molecule has 0 amide bonds. The minimum absolute atomic E-state index is 0.382. The maximum Gasteiger partial charge on any atom is 0.163 e. The van der Waals surface area contributed by atoms with Gasteiger partial charge in [0.15, 0.2) is 11.5 Å². The lowest BCUT2D eigenvalue weighted by molar-refractivity contribution is 0.311. The summed E-state index contributed by atoms with van der Waals surface area (Å²) in [5, 5.41) is 3.56. The second-order valence-electron chi connectivity index (χ2n) is 5.05. The SMILES string of the molecule is CCOc1cc(NC2CCC(N)CC2)ccc1OC. The highest BCUT2D eigenvalue weighted by atomic mass is 16.5. The van der Waals surface area contributed by atoms with Crippen molar-refractivity contribution in [3.8, 4) is 11.5 Å². The van der Waals surface area contributed by atoms with Crippen molar-refractivity contribution in [3.63, 3.8) is 0 Å². The molecule has 0 saturated heterocycles. The second kappa shape index (κ2) is 6.66. The molecule has 0 bridgehead atoms. The van der Waals surface area contributed by atoms with Crippen molar-refractivity contribution in [1.82, 2.24) is 0 Å². The highest BCUT2D eigenvalue weighted by Crippen LogP contribution is 2.31. The third-order valence-corrected chi connectivity index (χ3v) is 3.61. The first-order chi connectivity index (χ1) is 9.22. The van der Waals surface area contributed by atoms with E-state index in [0.29, 0.717) is 18.7 Å². The van der Waals surface area contributed by atoms with Crippen LogP contribution in [0.25, 0.3) is 0 Å². The van der Waals surface area contributed by atoms with Crippen LogP contribution in [0.3, 0.4) is 0 Å². The quantitative estimate of drug-likeness (QED) is 0.858. The Morgan fingerprint density at radius 3 is 2.58 bits per heavy atom. The first-order valence-electron chi connectivity index (χ1n) is 7.06. The summed E-state index contributed by atoms with van der Waals surface area (Å²) in [6.45, 7) is 2.61. The Hall–Kier alpha value is -1.42. The molecular weight excluding hydrogens is 240 g/mol. The Kier molecular flexibility index (Phi) is 4.91. The van der Waals surface area contributed by atoms with Gasteiger partial charge in [0.05, 0.1) is 13.7 Å². The van der Waals surface area contributed by atoms with Gasteiger partial charge in [-0.25, -0.2) is 0 Å². The van der Waals surface area contributed by atoms with Crippen LogP contribution >= 0.6 is 0 Å². The summed E-state index contributed by atoms with van der Waals surface area (Å²) < 4.78 is 10.9. The van der Waals surface area contributed by atoms with Crippen molar-refractivity contribution in [3.05, 3.63) is 18.2 Å². The number of rotatable bonds is 5. The highest BCUT2D eigenvalue weighted by Gasteiger charge is 2.18. The van der Waals surface area contributed by atoms with Gasteiger partial charge in [0, 0.05) is 23.8 Å². The van der Waals surface area contributed by atoms with Crippen molar-refractivity contribution < 1.29 is 9.47 Å². The fourth-order valence-corrected chi connectivity index (χ4v) is 2.53. The zero-order valence-electron chi connectivity index (χ0n) is 11.8. The minimum Gasteiger partial charge on any atom is -0.493 e. The first kappa shape index (κ1) is 14.0. The molecule has 1 aliphatic rings. The molecule has 106 valence electrons. The Morgan fingerprint density at radius 1 is 1.21 bits per heavy atom. The molecule has 0 radical (unpaired) electrons. The van der Waals surface area contributed by atoms with E-state index >= 15 is 0 Å². The van der Waals surface area contributed by atoms with Crippen molar-refractivity contribution in [2.45, 2.75) is 44.7 Å². The number of hydrogen-bond acceptors (Lipinski definition) is 4. The van der Waals surface area contributed by atoms with Crippen LogP contribution in [0.2, 0.25) is 0 Å². The molecule has 0 atom stereocenters. The normalized spacial score (nSPS) is 22.9. The van der Waals surface area contributed by atoms with Gasteiger partial charge in [0.2, 0.25) is 0 Å². The Labute approximate surface area is 115 Å². The van der Waals surface area contributed by atoms with Crippen LogP contribution in [0.4, 0.5) is 5.69 Å². The summed E-state index contributed by atoms with van der Waals surface area (Å²) in [5.74, 6) is 1.57. The van der Waals surface area contributed by atoms with Gasteiger partial charge in [-0.15, -0.1) is 0 Å². The molecule has 1 saturated carbocycles. The summed E-state index contributed by atoms with van der Waals surface area (Å²) in [4.78, 5) is 0. The second-order valence-corrected chi connectivity index (χ2v) is 5.05. The molecule has 0 aliphatic heterocycles. The smallest absolute Gasteiger partial charge is 0.163 e. The molecule has 1 aliphatic carbocycles. The van der Waals surface area contributed by atoms with Crippen LogP contribution in [-0.2, 0) is 0 Å². The minimum atomic E-state index is 0.382. The number of ether oxygens (including phenoxy) is 2. The van der Waals surface area contributed by atoms with Crippen molar-refractivity contribution in [2.75, 3.05) is 19.0 Å². The molecular formula is C15H24N2O2. The lowest BCUT2D eigenvalue weighted by atomic mass is 9.91. The summed E-state index contributed by atoms with van der Waals surface area (Å²) in [5.41, 5.74) is 7.02. The van der Waals surface area contributed by atoms with Gasteiger partial charge in [-0.3, -0.25) is 0 Å². The van der Waals surface area contributed by atoms with Crippen LogP contribution in [0.15, 0.2) is 18.2 Å². The average molecular weight is 264 g/mol. The summed E-state index contributed by atoms with van der Waals surface area (Å²) in [6.07, 6.45) is 4.48. The molecule has 1 aromatic carbocycles. The van der Waals surface area contributed by atoms with Gasteiger partial charge in [-0.05, 0) is 44.7 Å². The van der Waals surface area contributed by atoms with E-state index in [1.165, 1.54) is 0 Å². The molecule has 1 fully saturated rings. The van der Waals surface area contributed by atoms with E-state index in [-0.39, 0.29) is 0 Å². The molecule has 1 aromatic rings. The summed E-state index contributed by atoms with van der Waals surface area (Å²) >= 11 is 0. The lowest BCUT2D eigenvalue weighted by Gasteiger charge is -2.27. The Bertz CT molecular complexity index is 401. The number of methoxy groups -OCH3 is 1. The van der Waals surface area contributed by atoms with E-state index in [1.807, 2.05) is 25.1 Å². The number of nitrogens with two attached hydrogens (primary N) is 1. The van der Waals surface area contributed by atoms with Crippen LogP contribution in [0.1, 0.15) is 32.6 Å². The van der Waals surface area contributed by atoms with Crippen LogP contribution in [-0.4, -0.2) is 25.8 Å². The Morgan fingerprint density at radius 2 is 1.95 bits per heavy atom. The molecule has 0 unspecified atom stereocenters. The third kappa shape index (κ3) is 3.77. The van der Waals surface area contributed by atoms with E-state index in [9.17, 15) is 0 Å². The standard InChI is InChI=1S/C15H24N2O2/c1-3-19-15-10-13(8-9-14(15)18-2)17-12-6-4-11(16)5-7-12/h8-12,17H,3-7,16H2,1-2H3. The first-order valence-corrected chi connectivity index (χ1v) is 7.06. The van der Waals surface area contributed by atoms with E-state index in [4.69, 9.17) is 15.2 Å². The number of hydrogen-bond donors (Lipinski definition) is 2. The third-order valence-electron chi connectivity index (χ3n) is 3.61. The molecule has 2 rings (SSSR count). The number of anilines is 1. The predicted octanol–water partition coefficient (Wildman–Crippen LogP) is 2.78. The van der Waals surface area contributed by atoms with Gasteiger partial charge in [-0.1, -0.05) is 0 Å². The maximum atomic E-state index is 5.93. The fraction of sp³-hybridized carbons (Fsp3) is 0.600. The van der Waals surface area contributed by atoms with E-state index < -0.39 is 0 Å². The van der Waals surface area contributed by atoms with Crippen LogP contribution in [0.5, 0.6) is 11.5 Å². The number of nitrogens with one attached hydrogen (secondary N) is 1. The summed E-state index contributed by atoms with van der Waals surface area (Å²) in [6, 6.07) is 6.89. The molecule has 4 nitrogen and oxygen atoms in total. The predicted molar refractivity (Wildman–Crippen MR) is 78.0 cm³/mol. The summed E-state index contributed by atoms with van der Waals surface area (Å²) in [7, 11) is 1.66. The lowest BCUT2D eigenvalue weighted by Crippen LogP contribution is -2.32. The van der Waals surface area contributed by atoms with E-state index in [0.717, 1.165) is 42.9 Å². The van der Waals surface area contributed by atoms with Gasteiger partial charge >= 0.3 is 0 Å². The molecule has 0 aromatic heterocycles. The average Bonchev–Trinajstić information content (AvgIpc) is 2.42. The zero-order chi connectivity index (χ0) is 13.7. The maximum absolute atomic E-state index is 5.93. The largest absolute Gasteiger partial charge is 0.493 e. The van der Waals surface area contributed by atoms with Gasteiger partial charge in [-0.2, -0.15) is 0 Å². The fourth-order valence-electron chi connectivity index (χ4n) is 2.53. The van der Waals surface area contributed by atoms with Gasteiger partial charge in [0.25, 0.3) is 0 Å². The van der Waals surface area contributed by atoms with Crippen LogP contribution in [0, 0.1) is 0 Å². The molecule has 0 spiro atoms. The zero-order valence-corrected chi connectivity index (χ0v) is 11.8. The Balaban J connectivity index is 2.02. The van der Waals surface area contributed by atoms with Gasteiger partial charge in [0.1, 0.15) is 0 Å².